The average Bonchev–Trinajstić information content (AvgIpc) is 3.08. The van der Waals surface area contributed by atoms with Gasteiger partial charge in [0.1, 0.15) is 6.61 Å². The number of carbonyl (C=O) groups is 1. The van der Waals surface area contributed by atoms with Crippen LogP contribution >= 0.6 is 0 Å². The van der Waals surface area contributed by atoms with E-state index in [1.165, 1.54) is 12.1 Å². The minimum absolute atomic E-state index is 0.0233. The summed E-state index contributed by atoms with van der Waals surface area (Å²) in [6, 6.07) is 7.39. The number of esters is 1. The lowest BCUT2D eigenvalue weighted by atomic mass is 9.95. The van der Waals surface area contributed by atoms with Gasteiger partial charge in [0.2, 0.25) is 5.95 Å². The van der Waals surface area contributed by atoms with Crippen LogP contribution in [0.5, 0.6) is 0 Å². The van der Waals surface area contributed by atoms with E-state index in [0.717, 1.165) is 0 Å². The van der Waals surface area contributed by atoms with E-state index in [9.17, 15) is 14.9 Å². The highest BCUT2D eigenvalue weighted by atomic mass is 16.6. The van der Waals surface area contributed by atoms with Crippen LogP contribution in [0.1, 0.15) is 24.9 Å². The summed E-state index contributed by atoms with van der Waals surface area (Å²) in [7, 11) is 0. The number of benzene rings is 1. The number of nitriles is 1. The largest absolute Gasteiger partial charge is 0.461 e. The molecule has 1 aromatic heterocycles. The van der Waals surface area contributed by atoms with Crippen LogP contribution in [-0.2, 0) is 9.53 Å². The summed E-state index contributed by atoms with van der Waals surface area (Å²) >= 11 is 0. The molecule has 9 nitrogen and oxygen atoms in total. The van der Waals surface area contributed by atoms with Crippen LogP contribution < -0.4 is 5.32 Å². The number of fused-ring (bicyclic) bond motifs is 1. The smallest absolute Gasteiger partial charge is 0.338 e. The predicted octanol–water partition coefficient (Wildman–Crippen LogP) is 2.54. The molecule has 0 spiro atoms. The summed E-state index contributed by atoms with van der Waals surface area (Å²) in [6.07, 6.45) is 3.34. The van der Waals surface area contributed by atoms with Gasteiger partial charge in [-0.25, -0.2) is 9.78 Å². The zero-order valence-electron chi connectivity index (χ0n) is 13.9. The molecule has 0 fully saturated rings. The summed E-state index contributed by atoms with van der Waals surface area (Å²) in [4.78, 5) is 27.5. The van der Waals surface area contributed by atoms with Crippen LogP contribution in [-0.4, -0.2) is 27.1 Å². The second-order valence-electron chi connectivity index (χ2n) is 5.62. The third kappa shape index (κ3) is 3.12. The molecule has 132 valence electrons. The lowest BCUT2D eigenvalue weighted by Crippen LogP contribution is -2.28. The highest BCUT2D eigenvalue weighted by Crippen LogP contribution is 2.37. The minimum atomic E-state index is -0.622. The van der Waals surface area contributed by atoms with Gasteiger partial charge in [0, 0.05) is 30.2 Å². The number of nitro groups is 1. The van der Waals surface area contributed by atoms with Crippen molar-refractivity contribution < 1.29 is 14.5 Å². The number of nitro benzene ring substituents is 1. The second-order valence-corrected chi connectivity index (χ2v) is 5.62. The van der Waals surface area contributed by atoms with E-state index in [0.29, 0.717) is 22.8 Å². The van der Waals surface area contributed by atoms with E-state index in [-0.39, 0.29) is 18.7 Å². The van der Waals surface area contributed by atoms with Crippen LogP contribution in [0.4, 0.5) is 11.6 Å². The molecule has 0 amide bonds. The summed E-state index contributed by atoms with van der Waals surface area (Å²) < 4.78 is 6.90. The Morgan fingerprint density at radius 3 is 3.08 bits per heavy atom. The number of aromatic nitrogens is 2. The fraction of sp³-hybridized carbons (Fsp3) is 0.235. The predicted molar refractivity (Wildman–Crippen MR) is 91.0 cm³/mol. The Morgan fingerprint density at radius 1 is 1.54 bits per heavy atom. The molecule has 2 heterocycles. The molecule has 26 heavy (non-hydrogen) atoms. The molecule has 1 atom stereocenters. The molecule has 1 aliphatic heterocycles. The summed E-state index contributed by atoms with van der Waals surface area (Å²) in [5.41, 5.74) is 1.35. The summed E-state index contributed by atoms with van der Waals surface area (Å²) in [6.45, 7) is 1.69. The van der Waals surface area contributed by atoms with Crippen molar-refractivity contribution in [3.05, 3.63) is 63.6 Å². The molecule has 1 unspecified atom stereocenters. The normalized spacial score (nSPS) is 15.6. The molecule has 2 aromatic rings. The number of imidazole rings is 1. The Hall–Kier alpha value is -3.67. The zero-order chi connectivity index (χ0) is 18.7. The molecule has 9 heteroatoms. The van der Waals surface area contributed by atoms with Gasteiger partial charge in [0.25, 0.3) is 5.69 Å². The van der Waals surface area contributed by atoms with Gasteiger partial charge in [-0.05, 0) is 12.5 Å². The van der Waals surface area contributed by atoms with Gasteiger partial charge in [-0.2, -0.15) is 5.26 Å². The van der Waals surface area contributed by atoms with Crippen molar-refractivity contribution in [3.63, 3.8) is 0 Å². The van der Waals surface area contributed by atoms with Gasteiger partial charge in [-0.1, -0.05) is 12.1 Å². The highest BCUT2D eigenvalue weighted by Gasteiger charge is 2.33. The molecule has 3 rings (SSSR count). The number of carbonyl (C=O) groups excluding carboxylic acids is 1. The van der Waals surface area contributed by atoms with Crippen LogP contribution in [0, 0.1) is 21.4 Å². The van der Waals surface area contributed by atoms with Gasteiger partial charge < -0.3 is 14.6 Å². The van der Waals surface area contributed by atoms with Crippen molar-refractivity contribution in [1.29, 1.82) is 5.26 Å². The molecular formula is C17H15N5O4. The molecular weight excluding hydrogens is 338 g/mol. The topological polar surface area (TPSA) is 123 Å². The van der Waals surface area contributed by atoms with Crippen molar-refractivity contribution >= 4 is 17.6 Å². The Morgan fingerprint density at radius 2 is 2.35 bits per heavy atom. The lowest BCUT2D eigenvalue weighted by molar-refractivity contribution is -0.384. The molecule has 1 aromatic carbocycles. The number of non-ortho nitro benzene ring substituents is 1. The molecule has 0 aliphatic carbocycles. The molecule has 0 bridgehead atoms. The first-order valence-corrected chi connectivity index (χ1v) is 7.82. The number of nitrogens with one attached hydrogen (secondary N) is 1. The van der Waals surface area contributed by atoms with Crippen molar-refractivity contribution in [1.82, 2.24) is 9.55 Å². The van der Waals surface area contributed by atoms with E-state index in [2.05, 4.69) is 10.3 Å². The highest BCUT2D eigenvalue weighted by molar-refractivity contribution is 5.92. The van der Waals surface area contributed by atoms with Crippen LogP contribution in [0.3, 0.4) is 0 Å². The fourth-order valence-corrected chi connectivity index (χ4v) is 2.86. The minimum Gasteiger partial charge on any atom is -0.461 e. The third-order valence-electron chi connectivity index (χ3n) is 3.99. The quantitative estimate of drug-likeness (QED) is 0.379. The number of hydrogen-bond acceptors (Lipinski definition) is 7. The fourth-order valence-electron chi connectivity index (χ4n) is 2.86. The van der Waals surface area contributed by atoms with E-state index < -0.39 is 16.9 Å². The second kappa shape index (κ2) is 7.06. The van der Waals surface area contributed by atoms with Crippen LogP contribution in [0.2, 0.25) is 0 Å². The van der Waals surface area contributed by atoms with E-state index in [1.807, 2.05) is 6.07 Å². The number of hydrogen-bond donors (Lipinski definition) is 1. The number of allylic oxidation sites excluding steroid dienone is 1. The van der Waals surface area contributed by atoms with Crippen molar-refractivity contribution in [3.8, 4) is 6.07 Å². The first kappa shape index (κ1) is 17.2. The average molecular weight is 353 g/mol. The van der Waals surface area contributed by atoms with Gasteiger partial charge in [0.15, 0.2) is 0 Å². The molecule has 0 saturated heterocycles. The first-order chi connectivity index (χ1) is 12.5. The van der Waals surface area contributed by atoms with E-state index in [4.69, 9.17) is 10.00 Å². The Balaban J connectivity index is 2.06. The van der Waals surface area contributed by atoms with E-state index >= 15 is 0 Å². The number of ether oxygens (including phenoxy) is 1. The SMILES string of the molecule is CC1=C(C(=O)OCCC#N)C(c2cccc([N+](=O)[O-])c2)n2ccnc2N1. The number of nitrogens with zero attached hydrogens (tertiary/aromatic N) is 4. The van der Waals surface area contributed by atoms with E-state index in [1.54, 1.807) is 36.0 Å². The zero-order valence-corrected chi connectivity index (χ0v) is 13.9. The molecule has 0 radical (unpaired) electrons. The monoisotopic (exact) mass is 353 g/mol. The molecule has 1 aliphatic rings. The standard InChI is InChI=1S/C17H15N5O4/c1-11-14(16(23)26-9-3-6-18)15(21-8-7-19-17(21)20-11)12-4-2-5-13(10-12)22(24)25/h2,4-5,7-8,10,15H,3,9H2,1H3,(H,19,20). The van der Waals surface area contributed by atoms with Crippen molar-refractivity contribution in [2.45, 2.75) is 19.4 Å². The molecule has 1 N–H and O–H groups in total. The van der Waals surface area contributed by atoms with Gasteiger partial charge >= 0.3 is 5.97 Å². The maximum Gasteiger partial charge on any atom is 0.338 e. The van der Waals surface area contributed by atoms with Crippen LogP contribution in [0.15, 0.2) is 47.9 Å². The lowest BCUT2D eigenvalue weighted by Gasteiger charge is -2.29. The Labute approximate surface area is 148 Å². The Bertz CT molecular complexity index is 941. The maximum atomic E-state index is 12.6. The van der Waals surface area contributed by atoms with Gasteiger partial charge in [0.05, 0.1) is 29.0 Å². The maximum absolute atomic E-state index is 12.6. The van der Waals surface area contributed by atoms with Gasteiger partial charge in [-0.15, -0.1) is 0 Å². The van der Waals surface area contributed by atoms with Crippen molar-refractivity contribution in [2.75, 3.05) is 11.9 Å². The first-order valence-electron chi connectivity index (χ1n) is 7.82. The van der Waals surface area contributed by atoms with Crippen molar-refractivity contribution in [2.24, 2.45) is 0 Å². The number of anilines is 1. The molecule has 0 saturated carbocycles. The number of rotatable bonds is 5. The third-order valence-corrected chi connectivity index (χ3v) is 3.99. The summed E-state index contributed by atoms with van der Waals surface area (Å²) in [5, 5.41) is 22.8. The van der Waals surface area contributed by atoms with Gasteiger partial charge in [-0.3, -0.25) is 10.1 Å². The van der Waals surface area contributed by atoms with Crippen LogP contribution in [0.25, 0.3) is 0 Å². The summed E-state index contributed by atoms with van der Waals surface area (Å²) in [5.74, 6) is -0.0614. The Kier molecular flexibility index (Phi) is 4.66.